The number of anilines is 1. The van der Waals surface area contributed by atoms with Crippen LogP contribution in [0, 0.1) is 5.92 Å². The molecule has 0 radical (unpaired) electrons. The number of carbonyl (C=O) groups excluding carboxylic acids is 1. The van der Waals surface area contributed by atoms with Gasteiger partial charge in [-0.2, -0.15) is 0 Å². The van der Waals surface area contributed by atoms with Gasteiger partial charge >= 0.3 is 5.97 Å². The number of pyridine rings is 1. The van der Waals surface area contributed by atoms with E-state index < -0.39 is 17.8 Å². The number of carbonyl (C=O) groups is 2. The molecule has 3 N–H and O–H groups in total. The van der Waals surface area contributed by atoms with Crippen LogP contribution >= 0.6 is 0 Å². The average molecular weight is 289 g/mol. The maximum absolute atomic E-state index is 11.7. The molecule has 3 rings (SSSR count). The van der Waals surface area contributed by atoms with Gasteiger partial charge in [0.05, 0.1) is 11.5 Å². The number of aryl methyl sites for hydroxylation is 2. The first kappa shape index (κ1) is 13.9. The summed E-state index contributed by atoms with van der Waals surface area (Å²) in [5, 5.41) is 9.11. The predicted octanol–water partition coefficient (Wildman–Crippen LogP) is 0.970. The molecule has 1 aromatic rings. The molecule has 1 amide bonds. The molecule has 0 saturated carbocycles. The number of fused-ring (bicyclic) bond motifs is 1. The summed E-state index contributed by atoms with van der Waals surface area (Å²) in [6.45, 7) is 0.991. The number of amides is 1. The lowest BCUT2D eigenvalue weighted by Gasteiger charge is -2.23. The van der Waals surface area contributed by atoms with E-state index in [-0.39, 0.29) is 0 Å². The van der Waals surface area contributed by atoms with Crippen molar-refractivity contribution >= 4 is 17.7 Å². The van der Waals surface area contributed by atoms with Crippen LogP contribution in [0.15, 0.2) is 6.07 Å². The van der Waals surface area contributed by atoms with Crippen LogP contribution in [-0.4, -0.2) is 35.1 Å². The summed E-state index contributed by atoms with van der Waals surface area (Å²) in [7, 11) is 0. The number of primary amides is 1. The van der Waals surface area contributed by atoms with E-state index in [1.807, 2.05) is 11.0 Å². The Balaban J connectivity index is 1.97. The first-order valence-corrected chi connectivity index (χ1v) is 7.36. The molecule has 0 aromatic carbocycles. The molecule has 1 saturated heterocycles. The van der Waals surface area contributed by atoms with E-state index in [9.17, 15) is 9.59 Å². The smallest absolute Gasteiger partial charge is 0.308 e. The third kappa shape index (κ3) is 2.57. The second-order valence-electron chi connectivity index (χ2n) is 5.81. The maximum Gasteiger partial charge on any atom is 0.308 e. The summed E-state index contributed by atoms with van der Waals surface area (Å²) in [5.41, 5.74) is 8.04. The first-order chi connectivity index (χ1) is 10.1. The number of rotatable bonds is 3. The van der Waals surface area contributed by atoms with Crippen molar-refractivity contribution in [1.29, 1.82) is 0 Å². The minimum Gasteiger partial charge on any atom is -0.481 e. The molecule has 6 heteroatoms. The lowest BCUT2D eigenvalue weighted by molar-refractivity contribution is -0.140. The topological polar surface area (TPSA) is 96.5 Å². The molecule has 1 aromatic heterocycles. The lowest BCUT2D eigenvalue weighted by Crippen LogP contribution is -2.28. The maximum atomic E-state index is 11.7. The number of aromatic nitrogens is 1. The molecule has 112 valence electrons. The van der Waals surface area contributed by atoms with Crippen LogP contribution in [0.2, 0.25) is 0 Å². The second kappa shape index (κ2) is 5.35. The van der Waals surface area contributed by atoms with Crippen LogP contribution in [0.5, 0.6) is 0 Å². The molecule has 2 heterocycles. The van der Waals surface area contributed by atoms with Gasteiger partial charge in [-0.25, -0.2) is 4.98 Å². The van der Waals surface area contributed by atoms with Gasteiger partial charge in [0.1, 0.15) is 5.82 Å². The van der Waals surface area contributed by atoms with Gasteiger partial charge in [0.15, 0.2) is 0 Å². The highest BCUT2D eigenvalue weighted by molar-refractivity contribution is 5.98. The third-order valence-electron chi connectivity index (χ3n) is 4.38. The van der Waals surface area contributed by atoms with Crippen molar-refractivity contribution in [3.63, 3.8) is 0 Å². The standard InChI is InChI=1S/C15H19N3O3/c16-13(19)11-7-9-3-1-2-4-12(9)17-14(11)18-6-5-10(8-18)15(20)21/h7,10H,1-6,8H2,(H2,16,19)(H,20,21). The van der Waals surface area contributed by atoms with Crippen molar-refractivity contribution in [2.75, 3.05) is 18.0 Å². The Morgan fingerprint density at radius 3 is 2.76 bits per heavy atom. The van der Waals surface area contributed by atoms with Gasteiger partial charge in [-0.15, -0.1) is 0 Å². The van der Waals surface area contributed by atoms with Crippen LogP contribution in [0.1, 0.15) is 40.9 Å². The van der Waals surface area contributed by atoms with E-state index in [4.69, 9.17) is 10.8 Å². The zero-order valence-corrected chi connectivity index (χ0v) is 11.8. The van der Waals surface area contributed by atoms with Gasteiger partial charge in [0.2, 0.25) is 0 Å². The molecular formula is C15H19N3O3. The number of carboxylic acid groups (broad SMARTS) is 1. The Kier molecular flexibility index (Phi) is 3.53. The SMILES string of the molecule is NC(=O)c1cc2c(nc1N1CCC(C(=O)O)C1)CCCC2. The zero-order chi connectivity index (χ0) is 15.0. The molecule has 1 atom stereocenters. The van der Waals surface area contributed by atoms with E-state index >= 15 is 0 Å². The van der Waals surface area contributed by atoms with Crippen LogP contribution in [0.25, 0.3) is 0 Å². The van der Waals surface area contributed by atoms with Crippen molar-refractivity contribution in [2.24, 2.45) is 11.7 Å². The van der Waals surface area contributed by atoms with Crippen molar-refractivity contribution < 1.29 is 14.7 Å². The van der Waals surface area contributed by atoms with E-state index in [0.717, 1.165) is 36.9 Å². The molecule has 0 bridgehead atoms. The molecule has 1 aliphatic heterocycles. The fourth-order valence-corrected chi connectivity index (χ4v) is 3.20. The quantitative estimate of drug-likeness (QED) is 0.864. The number of nitrogens with two attached hydrogens (primary N) is 1. The number of nitrogens with zero attached hydrogens (tertiary/aromatic N) is 2. The number of aliphatic carboxylic acids is 1. The lowest BCUT2D eigenvalue weighted by atomic mass is 9.94. The Morgan fingerprint density at radius 1 is 1.33 bits per heavy atom. The normalized spacial score (nSPS) is 21.1. The third-order valence-corrected chi connectivity index (χ3v) is 4.38. The Bertz CT molecular complexity index is 600. The summed E-state index contributed by atoms with van der Waals surface area (Å²) in [5.74, 6) is -1.13. The van der Waals surface area contributed by atoms with Crippen LogP contribution in [-0.2, 0) is 17.6 Å². The summed E-state index contributed by atoms with van der Waals surface area (Å²) >= 11 is 0. The molecule has 6 nitrogen and oxygen atoms in total. The summed E-state index contributed by atoms with van der Waals surface area (Å²) in [6, 6.07) is 1.85. The molecule has 1 aliphatic carbocycles. The summed E-state index contributed by atoms with van der Waals surface area (Å²) in [4.78, 5) is 29.3. The summed E-state index contributed by atoms with van der Waals surface area (Å²) in [6.07, 6.45) is 4.63. The van der Waals surface area contributed by atoms with E-state index in [0.29, 0.717) is 30.9 Å². The van der Waals surface area contributed by atoms with E-state index in [1.54, 1.807) is 0 Å². The molecule has 2 aliphatic rings. The molecule has 1 fully saturated rings. The second-order valence-corrected chi connectivity index (χ2v) is 5.81. The largest absolute Gasteiger partial charge is 0.481 e. The van der Waals surface area contributed by atoms with E-state index in [2.05, 4.69) is 4.98 Å². The van der Waals surface area contributed by atoms with Crippen LogP contribution in [0.3, 0.4) is 0 Å². The van der Waals surface area contributed by atoms with Crippen LogP contribution in [0.4, 0.5) is 5.82 Å². The van der Waals surface area contributed by atoms with Crippen molar-refractivity contribution in [2.45, 2.75) is 32.1 Å². The molecule has 0 spiro atoms. The first-order valence-electron chi connectivity index (χ1n) is 7.36. The highest BCUT2D eigenvalue weighted by Crippen LogP contribution is 2.30. The Morgan fingerprint density at radius 2 is 2.10 bits per heavy atom. The van der Waals surface area contributed by atoms with Crippen molar-refractivity contribution in [3.05, 3.63) is 22.9 Å². The zero-order valence-electron chi connectivity index (χ0n) is 11.8. The Hall–Kier alpha value is -2.11. The highest BCUT2D eigenvalue weighted by atomic mass is 16.4. The Labute approximate surface area is 123 Å². The molecule has 21 heavy (non-hydrogen) atoms. The average Bonchev–Trinajstić information content (AvgIpc) is 2.95. The molecular weight excluding hydrogens is 270 g/mol. The minimum absolute atomic E-state index is 0.390. The van der Waals surface area contributed by atoms with Gasteiger partial charge in [0, 0.05) is 18.8 Å². The monoisotopic (exact) mass is 289 g/mol. The van der Waals surface area contributed by atoms with Gasteiger partial charge < -0.3 is 15.7 Å². The van der Waals surface area contributed by atoms with Gasteiger partial charge in [-0.05, 0) is 43.7 Å². The minimum atomic E-state index is -0.795. The van der Waals surface area contributed by atoms with Gasteiger partial charge in [-0.3, -0.25) is 9.59 Å². The molecule has 1 unspecified atom stereocenters. The summed E-state index contributed by atoms with van der Waals surface area (Å²) < 4.78 is 0. The van der Waals surface area contributed by atoms with Crippen molar-refractivity contribution in [3.8, 4) is 0 Å². The predicted molar refractivity (Wildman–Crippen MR) is 77.4 cm³/mol. The van der Waals surface area contributed by atoms with Gasteiger partial charge in [0.25, 0.3) is 5.91 Å². The fraction of sp³-hybridized carbons (Fsp3) is 0.533. The number of carboxylic acids is 1. The van der Waals surface area contributed by atoms with E-state index in [1.165, 1.54) is 0 Å². The highest BCUT2D eigenvalue weighted by Gasteiger charge is 2.31. The van der Waals surface area contributed by atoms with Crippen molar-refractivity contribution in [1.82, 2.24) is 4.98 Å². The fourth-order valence-electron chi connectivity index (χ4n) is 3.20. The van der Waals surface area contributed by atoms with Crippen LogP contribution < -0.4 is 10.6 Å². The number of hydrogen-bond acceptors (Lipinski definition) is 4. The van der Waals surface area contributed by atoms with Gasteiger partial charge in [-0.1, -0.05) is 0 Å². The number of hydrogen-bond donors (Lipinski definition) is 2.